The summed E-state index contributed by atoms with van der Waals surface area (Å²) in [6.07, 6.45) is 1.26. The Bertz CT molecular complexity index is 1220. The van der Waals surface area contributed by atoms with E-state index >= 15 is 0 Å². The fourth-order valence-electron chi connectivity index (χ4n) is 3.25. The van der Waals surface area contributed by atoms with Crippen LogP contribution < -0.4 is 0 Å². The molecule has 0 saturated heterocycles. The first-order chi connectivity index (χ1) is 14.7. The van der Waals surface area contributed by atoms with Crippen LogP contribution in [0.4, 0.5) is 4.39 Å². The van der Waals surface area contributed by atoms with Gasteiger partial charge in [-0.25, -0.2) is 12.8 Å². The molecule has 0 radical (unpaired) electrons. The standard InChI is InChI=1S/C22H24FN3O4S/c1-4-7-20-24-25-21(13-27)26(20)19-11-10-15(31(29,30)14(2)3)12-17(19)22(28)16-8-5-6-9-18(16)23/h5-6,8-12,14,27H,4,7,13H2,1-3H3. The first-order valence-corrected chi connectivity index (χ1v) is 11.5. The Hall–Kier alpha value is -2.91. The third-order valence-corrected chi connectivity index (χ3v) is 7.09. The highest BCUT2D eigenvalue weighted by Gasteiger charge is 2.26. The molecule has 1 N–H and O–H groups in total. The summed E-state index contributed by atoms with van der Waals surface area (Å²) in [6.45, 7) is 4.60. The summed E-state index contributed by atoms with van der Waals surface area (Å²) in [4.78, 5) is 13.3. The third-order valence-electron chi connectivity index (χ3n) is 4.93. The summed E-state index contributed by atoms with van der Waals surface area (Å²) < 4.78 is 41.4. The van der Waals surface area contributed by atoms with Crippen LogP contribution in [0.1, 0.15) is 54.8 Å². The summed E-state index contributed by atoms with van der Waals surface area (Å²) >= 11 is 0. The van der Waals surface area contributed by atoms with E-state index in [9.17, 15) is 22.7 Å². The van der Waals surface area contributed by atoms with E-state index in [1.165, 1.54) is 47.0 Å². The number of aliphatic hydroxyl groups is 1. The molecule has 0 amide bonds. The van der Waals surface area contributed by atoms with E-state index in [1.54, 1.807) is 13.8 Å². The van der Waals surface area contributed by atoms with Crippen molar-refractivity contribution in [3.05, 3.63) is 71.1 Å². The summed E-state index contributed by atoms with van der Waals surface area (Å²) in [5.74, 6) is -0.677. The van der Waals surface area contributed by atoms with Crippen molar-refractivity contribution < 1.29 is 22.7 Å². The Morgan fingerprint density at radius 2 is 1.77 bits per heavy atom. The molecule has 0 saturated carbocycles. The summed E-state index contributed by atoms with van der Waals surface area (Å²) in [7, 11) is -3.68. The summed E-state index contributed by atoms with van der Waals surface area (Å²) in [5.41, 5.74) is 0.0886. The number of benzene rings is 2. The number of aliphatic hydroxyl groups excluding tert-OH is 1. The van der Waals surface area contributed by atoms with Crippen molar-refractivity contribution in [2.45, 2.75) is 50.4 Å². The van der Waals surface area contributed by atoms with Crippen LogP contribution in [0, 0.1) is 5.82 Å². The predicted molar refractivity (Wildman–Crippen MR) is 113 cm³/mol. The topological polar surface area (TPSA) is 102 Å². The first-order valence-electron chi connectivity index (χ1n) is 9.93. The molecule has 1 aromatic heterocycles. The van der Waals surface area contributed by atoms with Crippen LogP contribution in [0.2, 0.25) is 0 Å². The van der Waals surface area contributed by atoms with Crippen LogP contribution in [0.3, 0.4) is 0 Å². The summed E-state index contributed by atoms with van der Waals surface area (Å²) in [6, 6.07) is 9.65. The fourth-order valence-corrected chi connectivity index (χ4v) is 4.34. The smallest absolute Gasteiger partial charge is 0.198 e. The van der Waals surface area contributed by atoms with Crippen LogP contribution in [0.25, 0.3) is 5.69 Å². The lowest BCUT2D eigenvalue weighted by molar-refractivity contribution is 0.103. The maximum atomic E-state index is 14.4. The van der Waals surface area contributed by atoms with Crippen molar-refractivity contribution in [2.75, 3.05) is 0 Å². The molecule has 0 spiro atoms. The minimum atomic E-state index is -3.68. The number of hydrogen-bond donors (Lipinski definition) is 1. The molecule has 0 bridgehead atoms. The molecule has 0 fully saturated rings. The molecule has 164 valence electrons. The molecule has 9 heteroatoms. The molecule has 0 atom stereocenters. The van der Waals surface area contributed by atoms with Gasteiger partial charge in [0, 0.05) is 12.0 Å². The van der Waals surface area contributed by atoms with E-state index in [2.05, 4.69) is 10.2 Å². The van der Waals surface area contributed by atoms with Gasteiger partial charge in [-0.1, -0.05) is 19.1 Å². The molecule has 0 aliphatic heterocycles. The molecule has 0 aliphatic carbocycles. The number of rotatable bonds is 8. The van der Waals surface area contributed by atoms with Crippen LogP contribution in [0.5, 0.6) is 0 Å². The van der Waals surface area contributed by atoms with Gasteiger partial charge in [0.2, 0.25) is 0 Å². The van der Waals surface area contributed by atoms with Gasteiger partial charge in [-0.05, 0) is 50.6 Å². The van der Waals surface area contributed by atoms with Crippen LogP contribution in [0.15, 0.2) is 47.4 Å². The van der Waals surface area contributed by atoms with Gasteiger partial charge in [0.15, 0.2) is 21.4 Å². The summed E-state index contributed by atoms with van der Waals surface area (Å²) in [5, 5.41) is 17.1. The molecule has 0 aliphatic rings. The Kier molecular flexibility index (Phi) is 6.66. The van der Waals surface area contributed by atoms with Gasteiger partial charge in [0.1, 0.15) is 18.2 Å². The van der Waals surface area contributed by atoms with Crippen molar-refractivity contribution in [3.8, 4) is 5.69 Å². The zero-order valence-electron chi connectivity index (χ0n) is 17.5. The first kappa shape index (κ1) is 22.8. The second kappa shape index (κ2) is 9.07. The molecule has 0 unspecified atom stereocenters. The highest BCUT2D eigenvalue weighted by molar-refractivity contribution is 7.92. The van der Waals surface area contributed by atoms with E-state index in [1.807, 2.05) is 6.92 Å². The van der Waals surface area contributed by atoms with Gasteiger partial charge in [0.25, 0.3) is 0 Å². The van der Waals surface area contributed by atoms with Crippen molar-refractivity contribution in [1.29, 1.82) is 0 Å². The minimum absolute atomic E-state index is 0.0151. The minimum Gasteiger partial charge on any atom is -0.388 e. The maximum absolute atomic E-state index is 14.4. The van der Waals surface area contributed by atoms with Crippen LogP contribution in [-0.4, -0.2) is 39.3 Å². The molecule has 3 aromatic rings. The van der Waals surface area contributed by atoms with E-state index in [-0.39, 0.29) is 27.5 Å². The normalized spacial score (nSPS) is 11.8. The van der Waals surface area contributed by atoms with Crippen molar-refractivity contribution in [1.82, 2.24) is 14.8 Å². The van der Waals surface area contributed by atoms with Crippen molar-refractivity contribution in [3.63, 3.8) is 0 Å². The molecule has 31 heavy (non-hydrogen) atoms. The molecular weight excluding hydrogens is 421 g/mol. The van der Waals surface area contributed by atoms with E-state index in [0.29, 0.717) is 12.2 Å². The Morgan fingerprint density at radius 1 is 1.10 bits per heavy atom. The van der Waals surface area contributed by atoms with E-state index < -0.39 is 33.3 Å². The zero-order chi connectivity index (χ0) is 22.8. The molecule has 3 rings (SSSR count). The number of hydrogen-bond acceptors (Lipinski definition) is 6. The highest BCUT2D eigenvalue weighted by atomic mass is 32.2. The maximum Gasteiger partial charge on any atom is 0.198 e. The van der Waals surface area contributed by atoms with E-state index in [0.717, 1.165) is 6.42 Å². The van der Waals surface area contributed by atoms with Crippen molar-refractivity contribution in [2.24, 2.45) is 0 Å². The average molecular weight is 446 g/mol. The Labute approximate surface area is 180 Å². The van der Waals surface area contributed by atoms with Gasteiger partial charge in [-0.15, -0.1) is 10.2 Å². The fraction of sp³-hybridized carbons (Fsp3) is 0.318. The number of aryl methyl sites for hydroxylation is 1. The van der Waals surface area contributed by atoms with Gasteiger partial charge in [-0.2, -0.15) is 0 Å². The number of carbonyl (C=O) groups is 1. The second-order valence-corrected chi connectivity index (χ2v) is 9.86. The monoisotopic (exact) mass is 445 g/mol. The number of nitrogens with zero attached hydrogens (tertiary/aromatic N) is 3. The largest absolute Gasteiger partial charge is 0.388 e. The SMILES string of the molecule is CCCc1nnc(CO)n1-c1ccc(S(=O)(=O)C(C)C)cc1C(=O)c1ccccc1F. The molecule has 2 aromatic carbocycles. The van der Waals surface area contributed by atoms with Crippen LogP contribution >= 0.6 is 0 Å². The molecule has 1 heterocycles. The third kappa shape index (κ3) is 4.28. The lowest BCUT2D eigenvalue weighted by Gasteiger charge is -2.16. The van der Waals surface area contributed by atoms with Gasteiger partial charge in [0.05, 0.1) is 21.4 Å². The number of ketones is 1. The highest BCUT2D eigenvalue weighted by Crippen LogP contribution is 2.27. The number of sulfone groups is 1. The lowest BCUT2D eigenvalue weighted by atomic mass is 10.0. The van der Waals surface area contributed by atoms with Gasteiger partial charge in [-0.3, -0.25) is 9.36 Å². The lowest BCUT2D eigenvalue weighted by Crippen LogP contribution is -2.17. The van der Waals surface area contributed by atoms with Crippen molar-refractivity contribution >= 4 is 15.6 Å². The van der Waals surface area contributed by atoms with E-state index in [4.69, 9.17) is 0 Å². The molecular formula is C22H24FN3O4S. The predicted octanol–water partition coefficient (Wildman–Crippen LogP) is 3.26. The van der Waals surface area contributed by atoms with Crippen LogP contribution in [-0.2, 0) is 22.9 Å². The number of aromatic nitrogens is 3. The zero-order valence-corrected chi connectivity index (χ0v) is 18.4. The number of carbonyl (C=O) groups excluding carboxylic acids is 1. The second-order valence-electron chi connectivity index (χ2n) is 7.36. The quantitative estimate of drug-likeness (QED) is 0.534. The molecule has 7 nitrogen and oxygen atoms in total. The van der Waals surface area contributed by atoms with Gasteiger partial charge < -0.3 is 5.11 Å². The Morgan fingerprint density at radius 3 is 2.39 bits per heavy atom. The average Bonchev–Trinajstić information content (AvgIpc) is 3.15. The number of halogens is 1. The Balaban J connectivity index is 2.32. The van der Waals surface area contributed by atoms with Gasteiger partial charge >= 0.3 is 0 Å².